The van der Waals surface area contributed by atoms with E-state index in [-0.39, 0.29) is 0 Å². The minimum atomic E-state index is -0.791. The molecule has 2 unspecified atom stereocenters. The Morgan fingerprint density at radius 1 is 1.53 bits per heavy atom. The first-order valence-electron chi connectivity index (χ1n) is 5.84. The van der Waals surface area contributed by atoms with E-state index in [1.165, 1.54) is 19.3 Å². The van der Waals surface area contributed by atoms with E-state index in [4.69, 9.17) is 5.11 Å². The molecule has 2 atom stereocenters. The quantitative estimate of drug-likeness (QED) is 0.635. The van der Waals surface area contributed by atoms with Crippen LogP contribution in [-0.2, 0) is 4.79 Å². The summed E-state index contributed by atoms with van der Waals surface area (Å²) in [6.45, 7) is 4.77. The van der Waals surface area contributed by atoms with Gasteiger partial charge in [0, 0.05) is 18.2 Å². The molecule has 0 aliphatic heterocycles. The lowest BCUT2D eigenvalue weighted by atomic mass is 10.2. The molecule has 1 fully saturated rings. The lowest BCUT2D eigenvalue weighted by Gasteiger charge is -2.01. The Morgan fingerprint density at radius 2 is 2.27 bits per heavy atom. The maximum atomic E-state index is 10.7. The van der Waals surface area contributed by atoms with Crippen LogP contribution in [0.3, 0.4) is 0 Å². The zero-order valence-electron chi connectivity index (χ0n) is 9.62. The van der Waals surface area contributed by atoms with E-state index in [0.29, 0.717) is 24.6 Å². The first kappa shape index (κ1) is 12.2. The molecule has 1 aliphatic carbocycles. The van der Waals surface area contributed by atoms with Crippen molar-refractivity contribution < 1.29 is 9.90 Å². The number of hydrogen-bond acceptors (Lipinski definition) is 2. The highest BCUT2D eigenvalue weighted by molar-refractivity contribution is 5.86. The highest BCUT2D eigenvalue weighted by atomic mass is 16.4. The lowest BCUT2D eigenvalue weighted by Crippen LogP contribution is -2.19. The minimum absolute atomic E-state index is 0.509. The van der Waals surface area contributed by atoms with Gasteiger partial charge in [0.25, 0.3) is 0 Å². The van der Waals surface area contributed by atoms with Crippen molar-refractivity contribution in [3.05, 3.63) is 11.6 Å². The Labute approximate surface area is 91.6 Å². The second-order valence-corrected chi connectivity index (χ2v) is 4.19. The van der Waals surface area contributed by atoms with Gasteiger partial charge in [-0.2, -0.15) is 0 Å². The standard InChI is InChI=1S/C12H21NO2/c1-3-5-10-8-11(10)13-7-6-9(4-2)12(14)15/h6,10-11,13H,3-5,7-8H2,1-2H3,(H,14,15)/b9-6-. The summed E-state index contributed by atoms with van der Waals surface area (Å²) in [5, 5.41) is 12.2. The molecule has 0 aromatic rings. The van der Waals surface area contributed by atoms with Gasteiger partial charge < -0.3 is 10.4 Å². The van der Waals surface area contributed by atoms with Gasteiger partial charge in [-0.05, 0) is 25.2 Å². The van der Waals surface area contributed by atoms with Crippen LogP contribution >= 0.6 is 0 Å². The summed E-state index contributed by atoms with van der Waals surface area (Å²) in [5.74, 6) is 0.0403. The molecule has 0 heterocycles. The second kappa shape index (κ2) is 5.91. The molecule has 0 amide bonds. The molecule has 0 radical (unpaired) electrons. The smallest absolute Gasteiger partial charge is 0.331 e. The number of nitrogens with one attached hydrogen (secondary N) is 1. The number of hydrogen-bond donors (Lipinski definition) is 2. The van der Waals surface area contributed by atoms with Crippen LogP contribution in [0.4, 0.5) is 0 Å². The van der Waals surface area contributed by atoms with Crippen molar-refractivity contribution in [2.75, 3.05) is 6.54 Å². The molecule has 1 rings (SSSR count). The van der Waals surface area contributed by atoms with Crippen molar-refractivity contribution in [3.63, 3.8) is 0 Å². The van der Waals surface area contributed by atoms with Crippen molar-refractivity contribution in [2.45, 2.75) is 45.6 Å². The topological polar surface area (TPSA) is 49.3 Å². The number of carboxylic acids is 1. The highest BCUT2D eigenvalue weighted by Gasteiger charge is 2.34. The highest BCUT2D eigenvalue weighted by Crippen LogP contribution is 2.34. The summed E-state index contributed by atoms with van der Waals surface area (Å²) in [4.78, 5) is 10.7. The number of aliphatic carboxylic acids is 1. The van der Waals surface area contributed by atoms with Crippen LogP contribution in [0, 0.1) is 5.92 Å². The Bertz CT molecular complexity index is 248. The van der Waals surface area contributed by atoms with Gasteiger partial charge >= 0.3 is 5.97 Å². The fraction of sp³-hybridized carbons (Fsp3) is 0.750. The zero-order chi connectivity index (χ0) is 11.3. The summed E-state index contributed by atoms with van der Waals surface area (Å²) < 4.78 is 0. The van der Waals surface area contributed by atoms with Crippen molar-refractivity contribution in [1.82, 2.24) is 5.32 Å². The van der Waals surface area contributed by atoms with E-state index in [1.807, 2.05) is 6.92 Å². The predicted molar refractivity (Wildman–Crippen MR) is 60.8 cm³/mol. The largest absolute Gasteiger partial charge is 0.478 e. The van der Waals surface area contributed by atoms with Gasteiger partial charge in [0.2, 0.25) is 0 Å². The van der Waals surface area contributed by atoms with E-state index in [1.54, 1.807) is 6.08 Å². The average molecular weight is 211 g/mol. The van der Waals surface area contributed by atoms with Crippen LogP contribution in [0.2, 0.25) is 0 Å². The third-order valence-electron chi connectivity index (χ3n) is 2.97. The summed E-state index contributed by atoms with van der Waals surface area (Å²) in [6.07, 6.45) is 6.19. The second-order valence-electron chi connectivity index (χ2n) is 4.19. The first-order valence-corrected chi connectivity index (χ1v) is 5.84. The van der Waals surface area contributed by atoms with E-state index in [9.17, 15) is 4.79 Å². The van der Waals surface area contributed by atoms with Crippen molar-refractivity contribution in [1.29, 1.82) is 0 Å². The Hall–Kier alpha value is -0.830. The van der Waals surface area contributed by atoms with E-state index in [2.05, 4.69) is 12.2 Å². The molecule has 0 spiro atoms. The molecule has 2 N–H and O–H groups in total. The molecule has 3 heteroatoms. The van der Waals surface area contributed by atoms with Gasteiger partial charge in [0.1, 0.15) is 0 Å². The monoisotopic (exact) mass is 211 g/mol. The Balaban J connectivity index is 2.18. The van der Waals surface area contributed by atoms with Crippen molar-refractivity contribution >= 4 is 5.97 Å². The molecular weight excluding hydrogens is 190 g/mol. The van der Waals surface area contributed by atoms with Crippen LogP contribution < -0.4 is 5.32 Å². The predicted octanol–water partition coefficient (Wildman–Crippen LogP) is 2.19. The van der Waals surface area contributed by atoms with Gasteiger partial charge in [-0.1, -0.05) is 26.3 Å². The number of carboxylic acid groups (broad SMARTS) is 1. The van der Waals surface area contributed by atoms with Gasteiger partial charge in [-0.25, -0.2) is 4.79 Å². The molecule has 0 saturated heterocycles. The van der Waals surface area contributed by atoms with Gasteiger partial charge in [-0.3, -0.25) is 0 Å². The SMILES string of the molecule is CCCC1CC1NC/C=C(/CC)C(=O)O. The molecule has 86 valence electrons. The van der Waals surface area contributed by atoms with Crippen LogP contribution in [0.25, 0.3) is 0 Å². The lowest BCUT2D eigenvalue weighted by molar-refractivity contribution is -0.132. The molecule has 3 nitrogen and oxygen atoms in total. The molecule has 1 aliphatic rings. The van der Waals surface area contributed by atoms with Gasteiger partial charge in [-0.15, -0.1) is 0 Å². The Kier molecular flexibility index (Phi) is 4.82. The minimum Gasteiger partial charge on any atom is -0.478 e. The summed E-state index contributed by atoms with van der Waals surface area (Å²) >= 11 is 0. The fourth-order valence-electron chi connectivity index (χ4n) is 1.90. The van der Waals surface area contributed by atoms with Crippen LogP contribution in [0.5, 0.6) is 0 Å². The summed E-state index contributed by atoms with van der Waals surface area (Å²) in [6, 6.07) is 0.633. The van der Waals surface area contributed by atoms with Crippen LogP contribution in [0.1, 0.15) is 39.5 Å². The number of carbonyl (C=O) groups is 1. The molecule has 1 saturated carbocycles. The van der Waals surface area contributed by atoms with Gasteiger partial charge in [0.15, 0.2) is 0 Å². The van der Waals surface area contributed by atoms with Crippen LogP contribution in [-0.4, -0.2) is 23.7 Å². The van der Waals surface area contributed by atoms with E-state index < -0.39 is 5.97 Å². The molecule has 0 aromatic heterocycles. The molecule has 0 bridgehead atoms. The van der Waals surface area contributed by atoms with Gasteiger partial charge in [0.05, 0.1) is 0 Å². The fourth-order valence-corrected chi connectivity index (χ4v) is 1.90. The van der Waals surface area contributed by atoms with Crippen LogP contribution in [0.15, 0.2) is 11.6 Å². The maximum absolute atomic E-state index is 10.7. The third-order valence-corrected chi connectivity index (χ3v) is 2.97. The molecule has 15 heavy (non-hydrogen) atoms. The first-order chi connectivity index (χ1) is 7.19. The van der Waals surface area contributed by atoms with Crippen molar-refractivity contribution in [3.8, 4) is 0 Å². The Morgan fingerprint density at radius 3 is 2.80 bits per heavy atom. The normalized spacial score (nSPS) is 25.3. The molecule has 0 aromatic carbocycles. The summed E-state index contributed by atoms with van der Waals surface area (Å²) in [7, 11) is 0. The maximum Gasteiger partial charge on any atom is 0.331 e. The van der Waals surface area contributed by atoms with Crippen molar-refractivity contribution in [2.24, 2.45) is 5.92 Å². The number of rotatable bonds is 7. The zero-order valence-corrected chi connectivity index (χ0v) is 9.62. The average Bonchev–Trinajstić information content (AvgIpc) is 2.91. The van der Waals surface area contributed by atoms with E-state index in [0.717, 1.165) is 5.92 Å². The third kappa shape index (κ3) is 4.04. The molecular formula is C12H21NO2. The van der Waals surface area contributed by atoms with E-state index >= 15 is 0 Å². The summed E-state index contributed by atoms with van der Waals surface area (Å²) in [5.41, 5.74) is 0.509.